The minimum absolute atomic E-state index is 0.0233. The van der Waals surface area contributed by atoms with Gasteiger partial charge in [-0.2, -0.15) is 0 Å². The van der Waals surface area contributed by atoms with Crippen LogP contribution in [0.4, 0.5) is 0 Å². The molecule has 0 aliphatic rings. The van der Waals surface area contributed by atoms with Crippen LogP contribution in [0.5, 0.6) is 0 Å². The fourth-order valence-corrected chi connectivity index (χ4v) is 1.10. The third-order valence-electron chi connectivity index (χ3n) is 2.02. The Bertz CT molecular complexity index is 287. The second-order valence-electron chi connectivity index (χ2n) is 3.14. The molecule has 0 aromatic carbocycles. The Morgan fingerprint density at radius 3 is 2.93 bits per heavy atom. The molecule has 1 unspecified atom stereocenters. The Hall–Kier alpha value is -1.29. The SMILES string of the molecule is COCCC(C)C(=O)c1cnccn1. The van der Waals surface area contributed by atoms with Crippen LogP contribution in [0.25, 0.3) is 0 Å². The van der Waals surface area contributed by atoms with Crippen LogP contribution >= 0.6 is 0 Å². The summed E-state index contributed by atoms with van der Waals surface area (Å²) in [6.45, 7) is 2.46. The number of Topliss-reactive ketones (excluding diaryl/α,β-unsaturated/α-hetero) is 1. The Labute approximate surface area is 83.3 Å². The average molecular weight is 194 g/mol. The van der Waals surface area contributed by atoms with Gasteiger partial charge in [-0.05, 0) is 6.42 Å². The molecule has 0 aliphatic carbocycles. The first-order valence-electron chi connectivity index (χ1n) is 4.55. The summed E-state index contributed by atoms with van der Waals surface area (Å²) in [5.74, 6) is -0.0400. The molecule has 0 fully saturated rings. The lowest BCUT2D eigenvalue weighted by Gasteiger charge is -2.07. The summed E-state index contributed by atoms with van der Waals surface area (Å²) >= 11 is 0. The standard InChI is InChI=1S/C10H14N2O2/c1-8(3-6-14-2)10(13)9-7-11-4-5-12-9/h4-5,7-8H,3,6H2,1-2H3. The summed E-state index contributed by atoms with van der Waals surface area (Å²) in [5, 5.41) is 0. The number of carbonyl (C=O) groups is 1. The molecule has 0 saturated heterocycles. The third-order valence-corrected chi connectivity index (χ3v) is 2.02. The molecule has 0 bridgehead atoms. The summed E-state index contributed by atoms with van der Waals surface area (Å²) in [6, 6.07) is 0. The molecule has 0 amide bonds. The molecule has 4 heteroatoms. The Morgan fingerprint density at radius 2 is 2.36 bits per heavy atom. The Morgan fingerprint density at radius 1 is 1.57 bits per heavy atom. The van der Waals surface area contributed by atoms with E-state index in [1.54, 1.807) is 13.3 Å². The smallest absolute Gasteiger partial charge is 0.185 e. The summed E-state index contributed by atoms with van der Waals surface area (Å²) in [6.07, 6.45) is 5.28. The van der Waals surface area contributed by atoms with Crippen LogP contribution in [0.3, 0.4) is 0 Å². The van der Waals surface area contributed by atoms with Crippen molar-refractivity contribution in [3.05, 3.63) is 24.3 Å². The monoisotopic (exact) mass is 194 g/mol. The highest BCUT2D eigenvalue weighted by Crippen LogP contribution is 2.08. The number of methoxy groups -OCH3 is 1. The largest absolute Gasteiger partial charge is 0.385 e. The second kappa shape index (κ2) is 5.44. The predicted octanol–water partition coefficient (Wildman–Crippen LogP) is 1.33. The van der Waals surface area contributed by atoms with Gasteiger partial charge in [0.1, 0.15) is 5.69 Å². The molecule has 14 heavy (non-hydrogen) atoms. The maximum atomic E-state index is 11.7. The molecule has 0 saturated carbocycles. The van der Waals surface area contributed by atoms with Gasteiger partial charge >= 0.3 is 0 Å². The molecule has 0 N–H and O–H groups in total. The van der Waals surface area contributed by atoms with E-state index in [1.165, 1.54) is 12.4 Å². The zero-order valence-corrected chi connectivity index (χ0v) is 8.43. The molecular weight excluding hydrogens is 180 g/mol. The molecule has 0 radical (unpaired) electrons. The zero-order chi connectivity index (χ0) is 10.4. The number of aromatic nitrogens is 2. The van der Waals surface area contributed by atoms with E-state index in [4.69, 9.17) is 4.74 Å². The summed E-state index contributed by atoms with van der Waals surface area (Å²) in [4.78, 5) is 19.5. The minimum atomic E-state index is -0.0633. The maximum absolute atomic E-state index is 11.7. The van der Waals surface area contributed by atoms with Crippen molar-refractivity contribution >= 4 is 5.78 Å². The van der Waals surface area contributed by atoms with E-state index in [1.807, 2.05) is 6.92 Å². The van der Waals surface area contributed by atoms with Crippen LogP contribution in [0.1, 0.15) is 23.8 Å². The molecule has 1 rings (SSSR count). The molecule has 4 nitrogen and oxygen atoms in total. The Balaban J connectivity index is 2.57. The lowest BCUT2D eigenvalue weighted by molar-refractivity contribution is 0.0888. The van der Waals surface area contributed by atoms with Gasteiger partial charge in [0.05, 0.1) is 6.20 Å². The van der Waals surface area contributed by atoms with Crippen LogP contribution in [-0.2, 0) is 4.74 Å². The van der Waals surface area contributed by atoms with E-state index in [0.717, 1.165) is 0 Å². The third kappa shape index (κ3) is 2.88. The molecular formula is C10H14N2O2. The van der Waals surface area contributed by atoms with Crippen molar-refractivity contribution < 1.29 is 9.53 Å². The predicted molar refractivity (Wildman–Crippen MR) is 52.0 cm³/mol. The highest BCUT2D eigenvalue weighted by Gasteiger charge is 2.15. The van der Waals surface area contributed by atoms with Crippen molar-refractivity contribution in [1.82, 2.24) is 9.97 Å². The van der Waals surface area contributed by atoms with Gasteiger partial charge in [-0.1, -0.05) is 6.92 Å². The van der Waals surface area contributed by atoms with Gasteiger partial charge in [-0.15, -0.1) is 0 Å². The van der Waals surface area contributed by atoms with Gasteiger partial charge in [0.15, 0.2) is 5.78 Å². The number of ether oxygens (including phenoxy) is 1. The van der Waals surface area contributed by atoms with Crippen LogP contribution in [0, 0.1) is 5.92 Å². The van der Waals surface area contributed by atoms with E-state index in [9.17, 15) is 4.79 Å². The molecule has 76 valence electrons. The van der Waals surface area contributed by atoms with Crippen molar-refractivity contribution in [3.63, 3.8) is 0 Å². The second-order valence-corrected chi connectivity index (χ2v) is 3.14. The van der Waals surface area contributed by atoms with Gasteiger partial charge in [0.25, 0.3) is 0 Å². The summed E-state index contributed by atoms with van der Waals surface area (Å²) in [5.41, 5.74) is 0.427. The highest BCUT2D eigenvalue weighted by molar-refractivity contribution is 5.95. The Kier molecular flexibility index (Phi) is 4.19. The fraction of sp³-hybridized carbons (Fsp3) is 0.500. The topological polar surface area (TPSA) is 52.1 Å². The molecule has 1 aromatic rings. The summed E-state index contributed by atoms with van der Waals surface area (Å²) in [7, 11) is 1.62. The number of hydrogen-bond acceptors (Lipinski definition) is 4. The van der Waals surface area contributed by atoms with Gasteiger partial charge in [-0.3, -0.25) is 9.78 Å². The molecule has 0 aliphatic heterocycles. The van der Waals surface area contributed by atoms with E-state index in [2.05, 4.69) is 9.97 Å². The van der Waals surface area contributed by atoms with E-state index in [0.29, 0.717) is 18.7 Å². The quantitative estimate of drug-likeness (QED) is 0.663. The molecule has 1 atom stereocenters. The van der Waals surface area contributed by atoms with Crippen molar-refractivity contribution in [2.45, 2.75) is 13.3 Å². The van der Waals surface area contributed by atoms with Crippen LogP contribution in [0.2, 0.25) is 0 Å². The van der Waals surface area contributed by atoms with Crippen LogP contribution < -0.4 is 0 Å². The zero-order valence-electron chi connectivity index (χ0n) is 8.43. The van der Waals surface area contributed by atoms with Crippen LogP contribution in [0.15, 0.2) is 18.6 Å². The lowest BCUT2D eigenvalue weighted by atomic mass is 10.0. The van der Waals surface area contributed by atoms with E-state index >= 15 is 0 Å². The molecule has 1 aromatic heterocycles. The molecule has 1 heterocycles. The van der Waals surface area contributed by atoms with Crippen molar-refractivity contribution in [1.29, 1.82) is 0 Å². The number of hydrogen-bond donors (Lipinski definition) is 0. The number of ketones is 1. The fourth-order valence-electron chi connectivity index (χ4n) is 1.10. The van der Waals surface area contributed by atoms with Crippen LogP contribution in [-0.4, -0.2) is 29.5 Å². The van der Waals surface area contributed by atoms with Gasteiger partial charge in [0, 0.05) is 32.0 Å². The number of carbonyl (C=O) groups excluding carboxylic acids is 1. The maximum Gasteiger partial charge on any atom is 0.185 e. The first kappa shape index (κ1) is 10.8. The van der Waals surface area contributed by atoms with Gasteiger partial charge < -0.3 is 4.74 Å². The summed E-state index contributed by atoms with van der Waals surface area (Å²) < 4.78 is 4.91. The van der Waals surface area contributed by atoms with Crippen molar-refractivity contribution in [2.75, 3.05) is 13.7 Å². The minimum Gasteiger partial charge on any atom is -0.385 e. The lowest BCUT2D eigenvalue weighted by Crippen LogP contribution is -2.14. The average Bonchev–Trinajstić information content (AvgIpc) is 2.26. The van der Waals surface area contributed by atoms with E-state index in [-0.39, 0.29) is 11.7 Å². The van der Waals surface area contributed by atoms with E-state index < -0.39 is 0 Å². The number of rotatable bonds is 5. The van der Waals surface area contributed by atoms with Gasteiger partial charge in [-0.25, -0.2) is 4.98 Å². The normalized spacial score (nSPS) is 12.4. The first-order valence-corrected chi connectivity index (χ1v) is 4.55. The van der Waals surface area contributed by atoms with Crippen molar-refractivity contribution in [3.8, 4) is 0 Å². The van der Waals surface area contributed by atoms with Crippen molar-refractivity contribution in [2.24, 2.45) is 5.92 Å². The van der Waals surface area contributed by atoms with Gasteiger partial charge in [0.2, 0.25) is 0 Å². The molecule has 0 spiro atoms. The highest BCUT2D eigenvalue weighted by atomic mass is 16.5. The number of nitrogens with zero attached hydrogens (tertiary/aromatic N) is 2. The first-order chi connectivity index (χ1) is 6.75.